The number of fused-ring (bicyclic) bond motifs is 1. The van der Waals surface area contributed by atoms with E-state index < -0.39 is 0 Å². The predicted octanol–water partition coefficient (Wildman–Crippen LogP) is 2.55. The molecule has 0 unspecified atom stereocenters. The maximum absolute atomic E-state index is 12.5. The number of hydrogen-bond acceptors (Lipinski definition) is 5. The van der Waals surface area contributed by atoms with Gasteiger partial charge in [-0.15, -0.1) is 0 Å². The van der Waals surface area contributed by atoms with Gasteiger partial charge in [0.05, 0.1) is 11.3 Å². The molecule has 1 amide bonds. The van der Waals surface area contributed by atoms with Gasteiger partial charge in [-0.3, -0.25) is 4.79 Å². The molecule has 0 spiro atoms. The maximum atomic E-state index is 12.5. The molecule has 0 bridgehead atoms. The van der Waals surface area contributed by atoms with Crippen molar-refractivity contribution in [1.82, 2.24) is 9.88 Å². The summed E-state index contributed by atoms with van der Waals surface area (Å²) in [7, 11) is 0. The molecule has 2 N–H and O–H groups in total. The van der Waals surface area contributed by atoms with Crippen LogP contribution in [0.5, 0.6) is 5.88 Å². The zero-order valence-electron chi connectivity index (χ0n) is 12.8. The number of nitrogens with zero attached hydrogens (tertiary/aromatic N) is 2. The minimum absolute atomic E-state index is 0.0103. The zero-order chi connectivity index (χ0) is 15.8. The second kappa shape index (κ2) is 5.85. The summed E-state index contributed by atoms with van der Waals surface area (Å²) in [5.41, 5.74) is 2.55. The third-order valence-electron chi connectivity index (χ3n) is 4.38. The Balaban J connectivity index is 1.43. The van der Waals surface area contributed by atoms with Gasteiger partial charge in [0, 0.05) is 19.1 Å². The number of nitrogens with one attached hydrogen (secondary N) is 1. The van der Waals surface area contributed by atoms with E-state index in [1.165, 1.54) is 22.5 Å². The molecule has 5 nitrogen and oxygen atoms in total. The van der Waals surface area contributed by atoms with Crippen molar-refractivity contribution in [1.29, 1.82) is 0 Å². The lowest BCUT2D eigenvalue weighted by atomic mass is 10.00. The molecule has 1 aliphatic heterocycles. The van der Waals surface area contributed by atoms with E-state index in [2.05, 4.69) is 22.4 Å². The molecule has 1 aliphatic carbocycles. The van der Waals surface area contributed by atoms with Gasteiger partial charge in [0.1, 0.15) is 0 Å². The van der Waals surface area contributed by atoms with E-state index in [1.54, 1.807) is 0 Å². The standard InChI is InChI=1S/C17H19N3O2S/c21-15(20-8-7-11-3-1-2-4-12(11)10-20)9-14-16(22)19-17(23-14)18-13-5-6-13/h1-4,13,22H,5-10H2,(H,18,19). The summed E-state index contributed by atoms with van der Waals surface area (Å²) >= 11 is 1.39. The number of carbonyl (C=O) groups excluding carboxylic acids is 1. The summed E-state index contributed by atoms with van der Waals surface area (Å²) in [6, 6.07) is 8.75. The van der Waals surface area contributed by atoms with Crippen LogP contribution in [-0.2, 0) is 24.2 Å². The van der Waals surface area contributed by atoms with E-state index in [9.17, 15) is 9.90 Å². The molecule has 1 aromatic carbocycles. The van der Waals surface area contributed by atoms with Crippen molar-refractivity contribution >= 4 is 22.4 Å². The number of aromatic hydroxyl groups is 1. The lowest BCUT2D eigenvalue weighted by Crippen LogP contribution is -2.36. The summed E-state index contributed by atoms with van der Waals surface area (Å²) in [5, 5.41) is 13.9. The lowest BCUT2D eigenvalue weighted by Gasteiger charge is -2.28. The minimum Gasteiger partial charge on any atom is -0.492 e. The molecule has 0 radical (unpaired) electrons. The highest BCUT2D eigenvalue weighted by Crippen LogP contribution is 2.33. The van der Waals surface area contributed by atoms with Gasteiger partial charge in [-0.05, 0) is 30.4 Å². The van der Waals surface area contributed by atoms with Gasteiger partial charge in [-0.1, -0.05) is 35.6 Å². The normalized spacial score (nSPS) is 17.0. The molecule has 120 valence electrons. The molecule has 4 rings (SSSR count). The van der Waals surface area contributed by atoms with E-state index in [0.29, 0.717) is 17.5 Å². The third kappa shape index (κ3) is 3.17. The Labute approximate surface area is 139 Å². The quantitative estimate of drug-likeness (QED) is 0.905. The van der Waals surface area contributed by atoms with E-state index in [-0.39, 0.29) is 18.2 Å². The topological polar surface area (TPSA) is 65.5 Å². The van der Waals surface area contributed by atoms with E-state index in [0.717, 1.165) is 30.9 Å². The largest absolute Gasteiger partial charge is 0.492 e. The Hall–Kier alpha value is -2.08. The molecule has 23 heavy (non-hydrogen) atoms. The first-order valence-corrected chi connectivity index (χ1v) is 8.80. The van der Waals surface area contributed by atoms with Crippen LogP contribution in [0.15, 0.2) is 24.3 Å². The van der Waals surface area contributed by atoms with Crippen LogP contribution in [-0.4, -0.2) is 33.5 Å². The van der Waals surface area contributed by atoms with Crippen molar-refractivity contribution in [3.05, 3.63) is 40.3 Å². The molecule has 2 aromatic rings. The van der Waals surface area contributed by atoms with Gasteiger partial charge >= 0.3 is 0 Å². The smallest absolute Gasteiger partial charge is 0.228 e. The van der Waals surface area contributed by atoms with Gasteiger partial charge in [0.15, 0.2) is 5.13 Å². The summed E-state index contributed by atoms with van der Waals surface area (Å²) in [4.78, 5) is 19.2. The molecule has 0 atom stereocenters. The Morgan fingerprint density at radius 3 is 2.91 bits per heavy atom. The Bertz CT molecular complexity index is 739. The van der Waals surface area contributed by atoms with Crippen molar-refractivity contribution in [3.8, 4) is 5.88 Å². The van der Waals surface area contributed by atoms with Crippen LogP contribution in [0.25, 0.3) is 0 Å². The molecule has 1 aromatic heterocycles. The molecular weight excluding hydrogens is 310 g/mol. The van der Waals surface area contributed by atoms with Gasteiger partial charge < -0.3 is 15.3 Å². The first-order valence-electron chi connectivity index (χ1n) is 7.99. The van der Waals surface area contributed by atoms with Crippen LogP contribution in [0, 0.1) is 0 Å². The number of anilines is 1. The second-order valence-corrected chi connectivity index (χ2v) is 7.28. The fraction of sp³-hybridized carbons (Fsp3) is 0.412. The van der Waals surface area contributed by atoms with Crippen LogP contribution in [0.4, 0.5) is 5.13 Å². The minimum atomic E-state index is -0.0103. The molecular formula is C17H19N3O2S. The molecule has 2 aliphatic rings. The van der Waals surface area contributed by atoms with Crippen molar-refractivity contribution < 1.29 is 9.90 Å². The summed E-state index contributed by atoms with van der Waals surface area (Å²) in [5.74, 6) is 0.0420. The number of hydrogen-bond donors (Lipinski definition) is 2. The van der Waals surface area contributed by atoms with Crippen molar-refractivity contribution in [2.45, 2.75) is 38.3 Å². The van der Waals surface area contributed by atoms with E-state index >= 15 is 0 Å². The predicted molar refractivity (Wildman–Crippen MR) is 89.7 cm³/mol. The monoisotopic (exact) mass is 329 g/mol. The number of benzene rings is 1. The highest BCUT2D eigenvalue weighted by molar-refractivity contribution is 7.16. The average molecular weight is 329 g/mol. The summed E-state index contributed by atoms with van der Waals surface area (Å²) < 4.78 is 0. The first kappa shape index (κ1) is 14.5. The summed E-state index contributed by atoms with van der Waals surface area (Å²) in [6.45, 7) is 1.39. The first-order chi connectivity index (χ1) is 11.2. The van der Waals surface area contributed by atoms with Crippen LogP contribution in [0.3, 0.4) is 0 Å². The lowest BCUT2D eigenvalue weighted by molar-refractivity contribution is -0.131. The number of amides is 1. The van der Waals surface area contributed by atoms with Crippen LogP contribution < -0.4 is 5.32 Å². The Morgan fingerprint density at radius 2 is 2.13 bits per heavy atom. The fourth-order valence-corrected chi connectivity index (χ4v) is 3.80. The van der Waals surface area contributed by atoms with Gasteiger partial charge in [0.2, 0.25) is 11.8 Å². The van der Waals surface area contributed by atoms with Crippen LogP contribution in [0.2, 0.25) is 0 Å². The summed E-state index contributed by atoms with van der Waals surface area (Å²) in [6.07, 6.45) is 3.42. The van der Waals surface area contributed by atoms with Crippen LogP contribution >= 0.6 is 11.3 Å². The van der Waals surface area contributed by atoms with Crippen molar-refractivity contribution in [2.24, 2.45) is 0 Å². The molecule has 6 heteroatoms. The fourth-order valence-electron chi connectivity index (χ4n) is 2.88. The number of aromatic nitrogens is 1. The van der Waals surface area contributed by atoms with Crippen LogP contribution in [0.1, 0.15) is 28.8 Å². The van der Waals surface area contributed by atoms with Gasteiger partial charge in [0.25, 0.3) is 0 Å². The zero-order valence-corrected chi connectivity index (χ0v) is 13.6. The molecule has 2 heterocycles. The molecule has 1 fully saturated rings. The van der Waals surface area contributed by atoms with Crippen molar-refractivity contribution in [3.63, 3.8) is 0 Å². The Morgan fingerprint density at radius 1 is 1.35 bits per heavy atom. The maximum Gasteiger partial charge on any atom is 0.228 e. The number of carbonyl (C=O) groups is 1. The van der Waals surface area contributed by atoms with E-state index in [4.69, 9.17) is 0 Å². The highest BCUT2D eigenvalue weighted by atomic mass is 32.1. The second-order valence-electron chi connectivity index (χ2n) is 6.20. The van der Waals surface area contributed by atoms with Gasteiger partial charge in [-0.2, -0.15) is 4.98 Å². The number of thiazole rings is 1. The Kier molecular flexibility index (Phi) is 3.69. The average Bonchev–Trinajstić information content (AvgIpc) is 3.30. The third-order valence-corrected chi connectivity index (χ3v) is 5.35. The highest BCUT2D eigenvalue weighted by Gasteiger charge is 2.25. The van der Waals surface area contributed by atoms with E-state index in [1.807, 2.05) is 17.0 Å². The molecule has 0 saturated heterocycles. The van der Waals surface area contributed by atoms with Crippen molar-refractivity contribution in [2.75, 3.05) is 11.9 Å². The number of rotatable bonds is 4. The SMILES string of the molecule is O=C(Cc1sc(NC2CC2)nc1O)N1CCc2ccccc2C1. The molecule has 1 saturated carbocycles. The van der Waals surface area contributed by atoms with Gasteiger partial charge in [-0.25, -0.2) is 0 Å².